The molecule has 2 heterocycles. The fourth-order valence-corrected chi connectivity index (χ4v) is 6.19. The number of fused-ring (bicyclic) bond motifs is 2. The molecule has 0 aromatic heterocycles. The van der Waals surface area contributed by atoms with Crippen LogP contribution >= 0.6 is 0 Å². The third-order valence-corrected chi connectivity index (χ3v) is 8.54. The van der Waals surface area contributed by atoms with E-state index in [2.05, 4.69) is 15.5 Å². The van der Waals surface area contributed by atoms with E-state index >= 15 is 0 Å². The molecule has 3 aromatic rings. The van der Waals surface area contributed by atoms with Gasteiger partial charge in [-0.25, -0.2) is 11.4 Å². The van der Waals surface area contributed by atoms with Crippen LogP contribution < -0.4 is 10.6 Å². The molecule has 1 spiro atoms. The molecule has 10 nitrogen and oxygen atoms in total. The number of carbonyl (C=O) groups is 4. The largest absolute Gasteiger partial charge is 0.445 e. The summed E-state index contributed by atoms with van der Waals surface area (Å²) < 4.78 is 5.42. The first-order valence-corrected chi connectivity index (χ1v) is 15.0. The molecule has 0 aliphatic carbocycles. The van der Waals surface area contributed by atoms with Gasteiger partial charge in [0.1, 0.15) is 24.1 Å². The second-order valence-corrected chi connectivity index (χ2v) is 12.0. The van der Waals surface area contributed by atoms with E-state index in [-0.39, 0.29) is 31.4 Å². The van der Waals surface area contributed by atoms with Crippen molar-refractivity contribution in [3.8, 4) is 0 Å². The predicted molar refractivity (Wildman–Crippen MR) is 168 cm³/mol. The molecular formula is C35H37N5O5. The molecule has 10 heteroatoms. The van der Waals surface area contributed by atoms with Crippen LogP contribution in [0.25, 0.3) is 4.85 Å². The number of nitrogens with zero attached hydrogens (tertiary/aromatic N) is 3. The number of ether oxygens (including phenoxy) is 1. The Balaban J connectivity index is 1.39. The Labute approximate surface area is 263 Å². The SMILES string of the molecule is [C-]#[N+][C@@H]1C[C@@]2(CN1C(=O)[C@H](CC(C)C)N(C)C(=O)C(NC(=O)OCc1ccccc1)c1ccccc1)C(=O)Nc1ccccc12. The summed E-state index contributed by atoms with van der Waals surface area (Å²) in [4.78, 5) is 61.3. The van der Waals surface area contributed by atoms with Gasteiger partial charge in [-0.1, -0.05) is 92.7 Å². The fourth-order valence-electron chi connectivity index (χ4n) is 6.19. The van der Waals surface area contributed by atoms with E-state index < -0.39 is 41.6 Å². The fraction of sp³-hybridized carbons (Fsp3) is 0.343. The number of nitrogens with one attached hydrogen (secondary N) is 2. The van der Waals surface area contributed by atoms with E-state index in [0.29, 0.717) is 17.7 Å². The third-order valence-electron chi connectivity index (χ3n) is 8.54. The van der Waals surface area contributed by atoms with Crippen molar-refractivity contribution in [2.75, 3.05) is 18.9 Å². The van der Waals surface area contributed by atoms with Gasteiger partial charge in [0.25, 0.3) is 5.91 Å². The molecule has 0 saturated carbocycles. The minimum atomic E-state index is -1.13. The number of likely N-dealkylation sites (N-methyl/N-ethyl adjacent to an activating group) is 1. The van der Waals surface area contributed by atoms with Crippen molar-refractivity contribution in [2.24, 2.45) is 5.92 Å². The van der Waals surface area contributed by atoms with Gasteiger partial charge < -0.3 is 20.3 Å². The number of alkyl carbamates (subject to hydrolysis) is 1. The second-order valence-electron chi connectivity index (χ2n) is 12.0. The van der Waals surface area contributed by atoms with Gasteiger partial charge >= 0.3 is 12.3 Å². The Morgan fingerprint density at radius 1 is 1.04 bits per heavy atom. The molecule has 45 heavy (non-hydrogen) atoms. The lowest BCUT2D eigenvalue weighted by Gasteiger charge is -2.34. The molecule has 5 rings (SSSR count). The Bertz CT molecular complexity index is 1610. The highest BCUT2D eigenvalue weighted by molar-refractivity contribution is 6.07. The number of likely N-dealkylation sites (tertiary alicyclic amines) is 1. The van der Waals surface area contributed by atoms with Gasteiger partial charge in [-0.2, -0.15) is 0 Å². The number of hydrogen-bond donors (Lipinski definition) is 2. The van der Waals surface area contributed by atoms with Gasteiger partial charge in [0.15, 0.2) is 0 Å². The van der Waals surface area contributed by atoms with Crippen LogP contribution in [-0.2, 0) is 31.1 Å². The van der Waals surface area contributed by atoms with Crippen molar-refractivity contribution in [3.05, 3.63) is 113 Å². The number of para-hydroxylation sites is 1. The number of benzene rings is 3. The van der Waals surface area contributed by atoms with Crippen LogP contribution in [0, 0.1) is 12.5 Å². The third kappa shape index (κ3) is 6.38. The first kappa shape index (κ1) is 31.3. The molecule has 2 aliphatic heterocycles. The number of rotatable bonds is 9. The maximum Gasteiger partial charge on any atom is 0.408 e. The average Bonchev–Trinajstić information content (AvgIpc) is 3.58. The minimum Gasteiger partial charge on any atom is -0.445 e. The molecule has 0 radical (unpaired) electrons. The van der Waals surface area contributed by atoms with Gasteiger partial charge in [0.2, 0.25) is 11.8 Å². The van der Waals surface area contributed by atoms with Crippen molar-refractivity contribution in [3.63, 3.8) is 0 Å². The number of amides is 4. The maximum atomic E-state index is 14.3. The van der Waals surface area contributed by atoms with E-state index in [1.807, 2.05) is 68.4 Å². The predicted octanol–water partition coefficient (Wildman–Crippen LogP) is 4.89. The molecule has 3 aromatic carbocycles. The standard InChI is InChI=1S/C35H37N5O5/c1-23(2)19-28(31(41)40-22-35(20-29(40)36-3)26-17-11-12-18-27(26)37-33(35)43)39(4)32(42)30(25-15-9-6-10-16-25)38-34(44)45-21-24-13-7-5-8-14-24/h5-18,23,28-30H,19-22H2,1-2,4H3,(H,37,43)(H,38,44)/t28-,29-,30?,35-/m0/s1. The van der Waals surface area contributed by atoms with E-state index in [0.717, 1.165) is 11.1 Å². The summed E-state index contributed by atoms with van der Waals surface area (Å²) in [5.74, 6) is -1.13. The van der Waals surface area contributed by atoms with E-state index in [1.165, 1.54) is 16.8 Å². The van der Waals surface area contributed by atoms with Crippen LogP contribution in [-0.4, -0.2) is 59.4 Å². The molecule has 2 N–H and O–H groups in total. The summed E-state index contributed by atoms with van der Waals surface area (Å²) >= 11 is 0. The van der Waals surface area contributed by atoms with Crippen molar-refractivity contribution < 1.29 is 23.9 Å². The van der Waals surface area contributed by atoms with Crippen LogP contribution in [0.2, 0.25) is 0 Å². The van der Waals surface area contributed by atoms with Gasteiger partial charge in [-0.15, -0.1) is 0 Å². The van der Waals surface area contributed by atoms with Crippen molar-refractivity contribution in [1.82, 2.24) is 15.1 Å². The number of anilines is 1. The summed E-state index contributed by atoms with van der Waals surface area (Å²) in [6, 6.07) is 23.3. The monoisotopic (exact) mass is 607 g/mol. The zero-order valence-corrected chi connectivity index (χ0v) is 25.6. The van der Waals surface area contributed by atoms with Crippen molar-refractivity contribution in [2.45, 2.75) is 57.0 Å². The molecule has 1 unspecified atom stereocenters. The van der Waals surface area contributed by atoms with Crippen LogP contribution in [0.3, 0.4) is 0 Å². The normalized spacial score (nSPS) is 19.8. The zero-order chi connectivity index (χ0) is 32.1. The lowest BCUT2D eigenvalue weighted by molar-refractivity contribution is -0.146. The molecule has 0 bridgehead atoms. The summed E-state index contributed by atoms with van der Waals surface area (Å²) in [6.07, 6.45) is -1.17. The summed E-state index contributed by atoms with van der Waals surface area (Å²) in [7, 11) is 1.54. The minimum absolute atomic E-state index is 0.0200. The summed E-state index contributed by atoms with van der Waals surface area (Å²) in [5, 5.41) is 5.61. The van der Waals surface area contributed by atoms with Crippen molar-refractivity contribution in [1.29, 1.82) is 0 Å². The lowest BCUT2D eigenvalue weighted by Crippen LogP contribution is -2.54. The average molecular weight is 608 g/mol. The molecule has 4 atom stereocenters. The Kier molecular flexibility index (Phi) is 9.18. The van der Waals surface area contributed by atoms with E-state index in [1.54, 1.807) is 30.3 Å². The smallest absolute Gasteiger partial charge is 0.408 e. The molecule has 232 valence electrons. The van der Waals surface area contributed by atoms with Crippen LogP contribution in [0.1, 0.15) is 49.4 Å². The van der Waals surface area contributed by atoms with Gasteiger partial charge in [0.05, 0.1) is 6.42 Å². The van der Waals surface area contributed by atoms with E-state index in [4.69, 9.17) is 11.3 Å². The van der Waals surface area contributed by atoms with Crippen LogP contribution in [0.4, 0.5) is 10.5 Å². The highest BCUT2D eigenvalue weighted by Gasteiger charge is 2.59. The Morgan fingerprint density at radius 3 is 2.36 bits per heavy atom. The molecule has 1 saturated heterocycles. The van der Waals surface area contributed by atoms with E-state index in [9.17, 15) is 19.2 Å². The first-order chi connectivity index (χ1) is 21.6. The Hall–Kier alpha value is -5.17. The second kappa shape index (κ2) is 13.2. The quantitative estimate of drug-likeness (QED) is 0.337. The number of hydrogen-bond acceptors (Lipinski definition) is 5. The van der Waals surface area contributed by atoms with Gasteiger partial charge in [0, 0.05) is 19.3 Å². The van der Waals surface area contributed by atoms with Crippen LogP contribution in [0.15, 0.2) is 84.9 Å². The van der Waals surface area contributed by atoms with Crippen molar-refractivity contribution >= 4 is 29.5 Å². The molecule has 1 fully saturated rings. The summed E-state index contributed by atoms with van der Waals surface area (Å²) in [5.41, 5.74) is 1.74. The molecule has 2 aliphatic rings. The topological polar surface area (TPSA) is 112 Å². The van der Waals surface area contributed by atoms with Crippen LogP contribution in [0.5, 0.6) is 0 Å². The zero-order valence-electron chi connectivity index (χ0n) is 25.6. The number of carbonyl (C=O) groups excluding carboxylic acids is 4. The highest BCUT2D eigenvalue weighted by atomic mass is 16.5. The van der Waals surface area contributed by atoms with Gasteiger partial charge in [-0.05, 0) is 35.1 Å². The van der Waals surface area contributed by atoms with Gasteiger partial charge in [-0.3, -0.25) is 24.1 Å². The molecular weight excluding hydrogens is 570 g/mol. The molecule has 4 amide bonds. The first-order valence-electron chi connectivity index (χ1n) is 15.0. The summed E-state index contributed by atoms with van der Waals surface area (Å²) in [6.45, 7) is 11.9. The highest BCUT2D eigenvalue weighted by Crippen LogP contribution is 2.47. The maximum absolute atomic E-state index is 14.3. The Morgan fingerprint density at radius 2 is 1.69 bits per heavy atom. The lowest BCUT2D eigenvalue weighted by atomic mass is 9.80.